The van der Waals surface area contributed by atoms with E-state index >= 15 is 0 Å². The Morgan fingerprint density at radius 2 is 1.85 bits per heavy atom. The van der Waals surface area contributed by atoms with E-state index in [1.54, 1.807) is 0 Å². The van der Waals surface area contributed by atoms with Crippen LogP contribution in [0.25, 0.3) is 0 Å². The third kappa shape index (κ3) is 3.38. The Morgan fingerprint density at radius 1 is 1.10 bits per heavy atom. The fourth-order valence-corrected chi connectivity index (χ4v) is 5.62. The van der Waals surface area contributed by atoms with Crippen molar-refractivity contribution in [2.24, 2.45) is 11.8 Å². The van der Waals surface area contributed by atoms with Crippen molar-refractivity contribution >= 4 is 9.84 Å². The molecule has 4 heteroatoms. The maximum Gasteiger partial charge on any atom is 0.150 e. The minimum Gasteiger partial charge on any atom is -0.311 e. The Kier molecular flexibility index (Phi) is 5.17. The van der Waals surface area contributed by atoms with E-state index in [1.807, 2.05) is 0 Å². The summed E-state index contributed by atoms with van der Waals surface area (Å²) >= 11 is 0. The van der Waals surface area contributed by atoms with Crippen molar-refractivity contribution in [2.45, 2.75) is 76.0 Å². The molecule has 20 heavy (non-hydrogen) atoms. The summed E-state index contributed by atoms with van der Waals surface area (Å²) in [6, 6.07) is 0. The number of hydrogen-bond donors (Lipinski definition) is 1. The summed E-state index contributed by atoms with van der Waals surface area (Å²) in [6.45, 7) is 5.71. The minimum atomic E-state index is -2.89. The lowest BCUT2D eigenvalue weighted by atomic mass is 9.67. The van der Waals surface area contributed by atoms with Gasteiger partial charge in [-0.2, -0.15) is 0 Å². The highest BCUT2D eigenvalue weighted by atomic mass is 32.2. The summed E-state index contributed by atoms with van der Waals surface area (Å²) in [5.41, 5.74) is 0.167. The molecule has 0 aromatic rings. The minimum absolute atomic E-state index is 0.109. The Balaban J connectivity index is 2.20. The highest BCUT2D eigenvalue weighted by Crippen LogP contribution is 2.42. The smallest absolute Gasteiger partial charge is 0.150 e. The average Bonchev–Trinajstić information content (AvgIpc) is 2.64. The molecule has 2 fully saturated rings. The fraction of sp³-hybridized carbons (Fsp3) is 1.00. The predicted octanol–water partition coefficient (Wildman–Crippen LogP) is 3.15. The molecule has 0 radical (unpaired) electrons. The fourth-order valence-electron chi connectivity index (χ4n) is 4.44. The Hall–Kier alpha value is -0.0900. The summed E-state index contributed by atoms with van der Waals surface area (Å²) < 4.78 is 23.9. The molecule has 118 valence electrons. The van der Waals surface area contributed by atoms with Crippen LogP contribution in [0.3, 0.4) is 0 Å². The summed E-state index contributed by atoms with van der Waals surface area (Å²) in [4.78, 5) is 0. The van der Waals surface area contributed by atoms with Crippen molar-refractivity contribution < 1.29 is 8.42 Å². The molecule has 1 N–H and O–H groups in total. The first-order valence-corrected chi connectivity index (χ1v) is 10.3. The van der Waals surface area contributed by atoms with Crippen molar-refractivity contribution in [3.05, 3.63) is 0 Å². The molecular weight excluding hydrogens is 270 g/mol. The molecule has 1 saturated carbocycles. The zero-order chi connectivity index (χ0) is 14.8. The van der Waals surface area contributed by atoms with Crippen LogP contribution < -0.4 is 5.32 Å². The van der Waals surface area contributed by atoms with Crippen LogP contribution in [0.2, 0.25) is 0 Å². The van der Waals surface area contributed by atoms with Gasteiger partial charge < -0.3 is 5.32 Å². The molecule has 2 aliphatic rings. The normalized spacial score (nSPS) is 36.8. The van der Waals surface area contributed by atoms with Gasteiger partial charge in [0, 0.05) is 11.8 Å². The number of nitrogens with one attached hydrogen (secondary N) is 1. The molecule has 3 nitrogen and oxygen atoms in total. The molecule has 0 aromatic carbocycles. The molecule has 2 rings (SSSR count). The lowest BCUT2D eigenvalue weighted by Gasteiger charge is -2.47. The largest absolute Gasteiger partial charge is 0.311 e. The van der Waals surface area contributed by atoms with Crippen LogP contribution in [0, 0.1) is 11.8 Å². The summed E-state index contributed by atoms with van der Waals surface area (Å²) in [5.74, 6) is 1.10. The quantitative estimate of drug-likeness (QED) is 0.871. The topological polar surface area (TPSA) is 46.2 Å². The molecule has 3 unspecified atom stereocenters. The van der Waals surface area contributed by atoms with Crippen LogP contribution in [0.15, 0.2) is 0 Å². The highest BCUT2D eigenvalue weighted by Gasteiger charge is 2.44. The van der Waals surface area contributed by atoms with Gasteiger partial charge in [0.15, 0.2) is 0 Å². The van der Waals surface area contributed by atoms with E-state index in [0.717, 1.165) is 25.8 Å². The number of hydrogen-bond acceptors (Lipinski definition) is 3. The molecule has 0 bridgehead atoms. The van der Waals surface area contributed by atoms with E-state index < -0.39 is 9.84 Å². The first kappa shape index (κ1) is 16.3. The van der Waals surface area contributed by atoms with Crippen LogP contribution in [-0.4, -0.2) is 32.0 Å². The van der Waals surface area contributed by atoms with Crippen LogP contribution in [0.1, 0.15) is 65.2 Å². The van der Waals surface area contributed by atoms with Crippen LogP contribution in [0.5, 0.6) is 0 Å². The molecule has 1 aliphatic heterocycles. The highest BCUT2D eigenvalue weighted by molar-refractivity contribution is 7.91. The monoisotopic (exact) mass is 301 g/mol. The first-order valence-electron chi connectivity index (χ1n) is 8.30. The molecule has 1 saturated heterocycles. The van der Waals surface area contributed by atoms with Gasteiger partial charge in [-0.15, -0.1) is 0 Å². The second-order valence-electron chi connectivity index (χ2n) is 7.25. The van der Waals surface area contributed by atoms with Crippen LogP contribution >= 0.6 is 0 Å². The van der Waals surface area contributed by atoms with Crippen LogP contribution in [0.4, 0.5) is 0 Å². The SMILES string of the molecule is CC(C)C1(C2CCCC(S(C)(=O)=O)C2)CCCCCN1. The van der Waals surface area contributed by atoms with Crippen molar-refractivity contribution in [2.75, 3.05) is 12.8 Å². The van der Waals surface area contributed by atoms with Crippen molar-refractivity contribution in [1.29, 1.82) is 0 Å². The first-order chi connectivity index (χ1) is 9.36. The van der Waals surface area contributed by atoms with E-state index in [0.29, 0.717) is 11.8 Å². The molecule has 1 aliphatic carbocycles. The van der Waals surface area contributed by atoms with Crippen LogP contribution in [-0.2, 0) is 9.84 Å². The lowest BCUT2D eigenvalue weighted by molar-refractivity contribution is 0.104. The third-order valence-electron chi connectivity index (χ3n) is 5.71. The molecular formula is C16H31NO2S. The van der Waals surface area contributed by atoms with Gasteiger partial charge in [-0.05, 0) is 50.5 Å². The van der Waals surface area contributed by atoms with Gasteiger partial charge in [-0.1, -0.05) is 33.1 Å². The van der Waals surface area contributed by atoms with Gasteiger partial charge in [0.1, 0.15) is 9.84 Å². The second-order valence-corrected chi connectivity index (χ2v) is 9.57. The van der Waals surface area contributed by atoms with Gasteiger partial charge in [0.25, 0.3) is 0 Å². The average molecular weight is 301 g/mol. The van der Waals surface area contributed by atoms with Crippen molar-refractivity contribution in [1.82, 2.24) is 5.32 Å². The second kappa shape index (κ2) is 6.35. The summed E-state index contributed by atoms with van der Waals surface area (Å²) in [6.07, 6.45) is 10.5. The Morgan fingerprint density at radius 3 is 2.50 bits per heavy atom. The third-order valence-corrected chi connectivity index (χ3v) is 7.35. The maximum absolute atomic E-state index is 11.9. The standard InChI is InChI=1S/C16H31NO2S/c1-13(2)16(10-5-4-6-11-17-16)14-8-7-9-15(12-14)20(3,18)19/h13-15,17H,4-12H2,1-3H3. The molecule has 0 spiro atoms. The van der Waals surface area contributed by atoms with Crippen molar-refractivity contribution in [3.63, 3.8) is 0 Å². The van der Waals surface area contributed by atoms with Gasteiger partial charge in [-0.3, -0.25) is 0 Å². The van der Waals surface area contributed by atoms with E-state index in [1.165, 1.54) is 38.4 Å². The maximum atomic E-state index is 11.9. The zero-order valence-electron chi connectivity index (χ0n) is 13.3. The summed E-state index contributed by atoms with van der Waals surface area (Å²) in [5, 5.41) is 3.73. The van der Waals surface area contributed by atoms with Crippen molar-refractivity contribution in [3.8, 4) is 0 Å². The molecule has 0 amide bonds. The Bertz CT molecular complexity index is 408. The van der Waals surface area contributed by atoms with E-state index in [9.17, 15) is 8.42 Å². The number of rotatable bonds is 3. The molecule has 0 aromatic heterocycles. The van der Waals surface area contributed by atoms with Gasteiger partial charge >= 0.3 is 0 Å². The van der Waals surface area contributed by atoms with Gasteiger partial charge in [0.05, 0.1) is 5.25 Å². The van der Waals surface area contributed by atoms with E-state index in [2.05, 4.69) is 19.2 Å². The van der Waals surface area contributed by atoms with E-state index in [4.69, 9.17) is 0 Å². The van der Waals surface area contributed by atoms with Gasteiger partial charge in [-0.25, -0.2) is 8.42 Å². The lowest BCUT2D eigenvalue weighted by Crippen LogP contribution is -2.56. The number of sulfone groups is 1. The summed E-state index contributed by atoms with van der Waals surface area (Å²) in [7, 11) is -2.89. The zero-order valence-corrected chi connectivity index (χ0v) is 14.1. The molecule has 3 atom stereocenters. The van der Waals surface area contributed by atoms with E-state index in [-0.39, 0.29) is 10.8 Å². The van der Waals surface area contributed by atoms with Gasteiger partial charge in [0.2, 0.25) is 0 Å². The Labute approximate surface area is 124 Å². The molecule has 1 heterocycles. The predicted molar refractivity (Wildman–Crippen MR) is 84.6 cm³/mol.